The van der Waals surface area contributed by atoms with E-state index in [1.165, 1.54) is 30.9 Å². The number of phenols is 2. The molecule has 5 aliphatic rings. The van der Waals surface area contributed by atoms with E-state index in [1.807, 2.05) is 13.1 Å². The molecular weight excluding hydrogens is 668 g/mol. The van der Waals surface area contributed by atoms with Crippen molar-refractivity contribution in [3.05, 3.63) is 69.4 Å². The quantitative estimate of drug-likeness (QED) is 0.183. The first-order valence-electron chi connectivity index (χ1n) is 17.3. The molecule has 10 rings (SSSR count). The van der Waals surface area contributed by atoms with E-state index in [4.69, 9.17) is 9.47 Å². The van der Waals surface area contributed by atoms with E-state index in [0.29, 0.717) is 64.7 Å². The number of fused-ring (bicyclic) bond motifs is 7. The highest BCUT2D eigenvalue weighted by Crippen LogP contribution is 2.67. The number of aromatic nitrogens is 3. The molecule has 14 heteroatoms. The Kier molecular flexibility index (Phi) is 5.88. The summed E-state index contributed by atoms with van der Waals surface area (Å²) in [5, 5.41) is 24.1. The molecule has 3 aliphatic heterocycles. The van der Waals surface area contributed by atoms with Crippen LogP contribution in [0.1, 0.15) is 67.1 Å². The van der Waals surface area contributed by atoms with Crippen molar-refractivity contribution >= 4 is 56.7 Å². The molecule has 0 bridgehead atoms. The lowest BCUT2D eigenvalue weighted by Crippen LogP contribution is -2.34. The first-order valence-corrected chi connectivity index (χ1v) is 17.3. The van der Waals surface area contributed by atoms with Crippen LogP contribution in [-0.4, -0.2) is 87.4 Å². The molecule has 2 aliphatic carbocycles. The molecule has 3 amide bonds. The van der Waals surface area contributed by atoms with Crippen LogP contribution in [-0.2, 0) is 23.1 Å². The smallest absolute Gasteiger partial charge is 0.274 e. The van der Waals surface area contributed by atoms with Gasteiger partial charge in [0.15, 0.2) is 23.0 Å². The lowest BCUT2D eigenvalue weighted by molar-refractivity contribution is -0.116. The predicted molar refractivity (Wildman–Crippen MR) is 189 cm³/mol. The number of nitrogens with one attached hydrogen (secondary N) is 3. The van der Waals surface area contributed by atoms with Gasteiger partial charge in [0.2, 0.25) is 11.7 Å². The van der Waals surface area contributed by atoms with Gasteiger partial charge >= 0.3 is 0 Å². The van der Waals surface area contributed by atoms with Crippen molar-refractivity contribution < 1.29 is 38.9 Å². The molecule has 264 valence electrons. The van der Waals surface area contributed by atoms with E-state index in [1.54, 1.807) is 23.1 Å². The molecule has 3 aromatic heterocycles. The predicted octanol–water partition coefficient (Wildman–Crippen LogP) is 4.32. The zero-order valence-corrected chi connectivity index (χ0v) is 28.8. The van der Waals surface area contributed by atoms with Crippen molar-refractivity contribution in [1.82, 2.24) is 19.9 Å². The van der Waals surface area contributed by atoms with E-state index in [0.717, 1.165) is 28.8 Å². The number of rotatable bonds is 4. The second-order valence-electron chi connectivity index (χ2n) is 14.4. The van der Waals surface area contributed by atoms with Gasteiger partial charge in [0, 0.05) is 60.7 Å². The summed E-state index contributed by atoms with van der Waals surface area (Å²) < 4.78 is 11.2. The van der Waals surface area contributed by atoms with Gasteiger partial charge in [0.25, 0.3) is 11.8 Å². The van der Waals surface area contributed by atoms with Gasteiger partial charge in [-0.05, 0) is 66.5 Å². The van der Waals surface area contributed by atoms with E-state index < -0.39 is 5.91 Å². The number of H-pyrrole nitrogens is 3. The summed E-state index contributed by atoms with van der Waals surface area (Å²) >= 11 is 0. The summed E-state index contributed by atoms with van der Waals surface area (Å²) in [6.45, 7) is 4.54. The maximum absolute atomic E-state index is 14.3. The van der Waals surface area contributed by atoms with Gasteiger partial charge in [-0.2, -0.15) is 0 Å². The van der Waals surface area contributed by atoms with Crippen LogP contribution in [0.15, 0.2) is 30.1 Å². The molecule has 5 aromatic rings. The lowest BCUT2D eigenvalue weighted by Gasteiger charge is -2.28. The van der Waals surface area contributed by atoms with Crippen molar-refractivity contribution in [3.63, 3.8) is 0 Å². The van der Waals surface area contributed by atoms with Crippen LogP contribution < -0.4 is 19.3 Å². The fraction of sp³-hybridized carbons (Fsp3) is 0.316. The van der Waals surface area contributed by atoms with Crippen LogP contribution >= 0.6 is 0 Å². The third-order valence-electron chi connectivity index (χ3n) is 11.9. The molecule has 0 unspecified atom stereocenters. The van der Waals surface area contributed by atoms with Gasteiger partial charge in [0.05, 0.1) is 42.3 Å². The summed E-state index contributed by atoms with van der Waals surface area (Å²) in [6.07, 6.45) is 5.22. The number of carbonyl (C=O) groups excluding carboxylic acids is 4. The van der Waals surface area contributed by atoms with Crippen molar-refractivity contribution in [2.75, 3.05) is 43.7 Å². The number of likely N-dealkylation sites (tertiary alicyclic amines) is 1. The van der Waals surface area contributed by atoms with E-state index in [-0.39, 0.29) is 75.5 Å². The minimum absolute atomic E-state index is 0.0956. The summed E-state index contributed by atoms with van der Waals surface area (Å²) in [4.78, 5) is 68.1. The first-order chi connectivity index (χ1) is 25.0. The minimum Gasteiger partial charge on any atom is -0.503 e. The Hall–Kier alpha value is -6.18. The standard InChI is InChI=1S/C38H34N6O8/c1-15-13-39-29-24(46)11-25-38(26(15)29)12-17(38)14-44(25)37(50)23-10-21-19-6-8-43(31(19)33(48)35(52-4)28(21)41-23)36(49)22-9-20-18-5-7-42(16(2)45)30(18)32(47)34(51-3)27(20)40-22/h9-11,13,17,39-41,47-48H,5-8,12,14H2,1-4H3/t17-,38+/m0/s1. The maximum Gasteiger partial charge on any atom is 0.274 e. The fourth-order valence-corrected chi connectivity index (χ4v) is 9.68. The number of aromatic amines is 3. The van der Waals surface area contributed by atoms with Gasteiger partial charge in [-0.1, -0.05) is 0 Å². The van der Waals surface area contributed by atoms with Gasteiger partial charge in [-0.25, -0.2) is 0 Å². The van der Waals surface area contributed by atoms with E-state index in [2.05, 4.69) is 15.0 Å². The summed E-state index contributed by atoms with van der Waals surface area (Å²) in [7, 11) is 2.83. The SMILES string of the molecule is COc1c(O)c2c(c3cc(C(=O)N4CCc5c4c(O)c(OC)c4[nH]c(C(=O)N6C[C@@H]7C[C@]78C6=CC(=O)c6[nH]cc(C)c68)cc54)[nH]c13)CCN2C(C)=O. The minimum atomic E-state index is -0.426. The number of ketones is 1. The average Bonchev–Trinajstić information content (AvgIpc) is 3.85. The second kappa shape index (κ2) is 9.99. The molecular formula is C38H34N6O8. The Labute approximate surface area is 295 Å². The monoisotopic (exact) mass is 702 g/mol. The van der Waals surface area contributed by atoms with Crippen molar-refractivity contribution in [3.8, 4) is 23.0 Å². The Bertz CT molecular complexity index is 2570. The van der Waals surface area contributed by atoms with Gasteiger partial charge in [-0.15, -0.1) is 0 Å². The molecule has 0 radical (unpaired) electrons. The molecule has 2 fully saturated rings. The molecule has 14 nitrogen and oxygen atoms in total. The van der Waals surface area contributed by atoms with E-state index >= 15 is 0 Å². The third-order valence-corrected chi connectivity index (χ3v) is 11.9. The Balaban J connectivity index is 1.03. The Morgan fingerprint density at radius 2 is 1.42 bits per heavy atom. The third kappa shape index (κ3) is 3.58. The topological polar surface area (TPSA) is 184 Å². The molecule has 2 atom stereocenters. The van der Waals surface area contributed by atoms with Gasteiger partial charge in [-0.3, -0.25) is 19.2 Å². The molecule has 52 heavy (non-hydrogen) atoms. The summed E-state index contributed by atoms with van der Waals surface area (Å²) in [6, 6.07) is 3.43. The van der Waals surface area contributed by atoms with Crippen LogP contribution in [0, 0.1) is 12.8 Å². The highest BCUT2D eigenvalue weighted by Gasteiger charge is 2.68. The lowest BCUT2D eigenvalue weighted by atomic mass is 9.83. The highest BCUT2D eigenvalue weighted by molar-refractivity contribution is 6.15. The number of phenolic OH excluding ortho intramolecular Hbond substituents is 2. The normalized spacial score (nSPS) is 20.9. The fourth-order valence-electron chi connectivity index (χ4n) is 9.68. The number of hydrogen-bond donors (Lipinski definition) is 5. The molecule has 1 saturated heterocycles. The number of aromatic hydroxyl groups is 2. The largest absolute Gasteiger partial charge is 0.503 e. The Morgan fingerprint density at radius 1 is 0.865 bits per heavy atom. The molecule has 5 N–H and O–H groups in total. The zero-order valence-electron chi connectivity index (χ0n) is 28.8. The second-order valence-corrected chi connectivity index (χ2v) is 14.4. The maximum atomic E-state index is 14.3. The highest BCUT2D eigenvalue weighted by atomic mass is 16.5. The van der Waals surface area contributed by atoms with Crippen molar-refractivity contribution in [1.29, 1.82) is 0 Å². The molecule has 1 spiro atoms. The number of allylic oxidation sites excluding steroid dienone is 2. The molecule has 1 saturated carbocycles. The number of piperidine rings is 1. The van der Waals surface area contributed by atoms with E-state index in [9.17, 15) is 29.4 Å². The summed E-state index contributed by atoms with van der Waals surface area (Å²) in [5.41, 5.74) is 6.41. The zero-order chi connectivity index (χ0) is 36.1. The number of hydrogen-bond acceptors (Lipinski definition) is 8. The van der Waals surface area contributed by atoms with Crippen LogP contribution in [0.5, 0.6) is 23.0 Å². The number of carbonyl (C=O) groups is 4. The molecule has 2 aromatic carbocycles. The number of aryl methyl sites for hydroxylation is 1. The van der Waals surface area contributed by atoms with Crippen LogP contribution in [0.2, 0.25) is 0 Å². The number of anilines is 2. The number of nitrogens with zero attached hydrogens (tertiary/aromatic N) is 3. The van der Waals surface area contributed by atoms with Gasteiger partial charge in [0.1, 0.15) is 11.4 Å². The van der Waals surface area contributed by atoms with Crippen molar-refractivity contribution in [2.24, 2.45) is 5.92 Å². The van der Waals surface area contributed by atoms with Crippen LogP contribution in [0.4, 0.5) is 11.4 Å². The van der Waals surface area contributed by atoms with Crippen LogP contribution in [0.3, 0.4) is 0 Å². The summed E-state index contributed by atoms with van der Waals surface area (Å²) in [5.74, 6) is -1.05. The number of ether oxygens (including phenoxy) is 2. The van der Waals surface area contributed by atoms with Crippen LogP contribution in [0.25, 0.3) is 21.8 Å². The van der Waals surface area contributed by atoms with Crippen molar-refractivity contribution in [2.45, 2.75) is 38.5 Å². The average molecular weight is 703 g/mol. The Morgan fingerprint density at radius 3 is 2.00 bits per heavy atom. The number of methoxy groups -OCH3 is 2. The number of amides is 3. The number of benzene rings is 2. The molecule has 6 heterocycles. The van der Waals surface area contributed by atoms with Gasteiger partial charge < -0.3 is 49.3 Å². The first kappa shape index (κ1) is 30.6.